The highest BCUT2D eigenvalue weighted by molar-refractivity contribution is 6.34. The van der Waals surface area contributed by atoms with E-state index in [1.807, 2.05) is 36.4 Å². The summed E-state index contributed by atoms with van der Waals surface area (Å²) in [6, 6.07) is 13.0. The molecule has 1 amide bonds. The van der Waals surface area contributed by atoms with Gasteiger partial charge in [0.15, 0.2) is 22.9 Å². The van der Waals surface area contributed by atoms with E-state index in [0.717, 1.165) is 6.07 Å². The van der Waals surface area contributed by atoms with Crippen molar-refractivity contribution in [2.45, 2.75) is 57.3 Å². The van der Waals surface area contributed by atoms with Crippen LogP contribution in [0.3, 0.4) is 0 Å². The highest BCUT2D eigenvalue weighted by Gasteiger charge is 2.54. The molecule has 0 unspecified atom stereocenters. The molecule has 3 aromatic carbocycles. The SMILES string of the molecule is CC(C)(C)OC(=O)N1CCC[C@H]1[C@@]1(c2ccccc2)Cc2c(cc(F)c(Cl)c2-c2c(C#N)cc3c(c2F)Oc2c(cn[nH]c2=O)O3)O1. The van der Waals surface area contributed by atoms with Gasteiger partial charge in [0.05, 0.1) is 22.8 Å². The molecule has 1 N–H and O–H groups in total. The van der Waals surface area contributed by atoms with Crippen molar-refractivity contribution in [1.82, 2.24) is 15.1 Å². The van der Waals surface area contributed by atoms with Gasteiger partial charge in [0.1, 0.15) is 23.2 Å². The normalized spacial score (nSPS) is 19.4. The maximum atomic E-state index is 16.7. The smallest absolute Gasteiger partial charge is 0.410 e. The summed E-state index contributed by atoms with van der Waals surface area (Å²) in [5.41, 5.74) is -2.44. The van der Waals surface area contributed by atoms with Crippen molar-refractivity contribution in [1.29, 1.82) is 5.26 Å². The molecule has 0 bridgehead atoms. The van der Waals surface area contributed by atoms with Crippen molar-refractivity contribution in [3.05, 3.63) is 92.4 Å². The van der Waals surface area contributed by atoms with Crippen molar-refractivity contribution in [2.24, 2.45) is 0 Å². The highest BCUT2D eigenvalue weighted by Crippen LogP contribution is 2.55. The number of amides is 1. The van der Waals surface area contributed by atoms with Crippen LogP contribution in [0.15, 0.2) is 53.5 Å². The Hall–Kier alpha value is -5.15. The lowest BCUT2D eigenvalue weighted by Crippen LogP contribution is -2.53. The van der Waals surface area contributed by atoms with Gasteiger partial charge in [-0.15, -0.1) is 0 Å². The predicted molar refractivity (Wildman–Crippen MR) is 165 cm³/mol. The van der Waals surface area contributed by atoms with E-state index in [2.05, 4.69) is 10.2 Å². The highest BCUT2D eigenvalue weighted by atomic mass is 35.5. The Bertz CT molecular complexity index is 2060. The number of hydrogen-bond donors (Lipinski definition) is 1. The maximum absolute atomic E-state index is 16.7. The average Bonchev–Trinajstić information content (AvgIpc) is 3.68. The zero-order chi connectivity index (χ0) is 33.2. The minimum atomic E-state index is -1.25. The number of H-pyrrole nitrogens is 1. The van der Waals surface area contributed by atoms with Gasteiger partial charge in [-0.25, -0.2) is 18.7 Å². The second kappa shape index (κ2) is 11.0. The van der Waals surface area contributed by atoms with E-state index < -0.39 is 51.3 Å². The molecule has 47 heavy (non-hydrogen) atoms. The zero-order valence-electron chi connectivity index (χ0n) is 25.4. The van der Waals surface area contributed by atoms with Crippen LogP contribution >= 0.6 is 11.6 Å². The fraction of sp³-hybridized carbons (Fsp3) is 0.294. The Labute approximate surface area is 272 Å². The van der Waals surface area contributed by atoms with E-state index in [-0.39, 0.29) is 46.1 Å². The molecule has 1 aromatic heterocycles. The molecule has 1 saturated heterocycles. The van der Waals surface area contributed by atoms with E-state index in [4.69, 9.17) is 30.5 Å². The molecule has 3 aliphatic heterocycles. The first-order valence-electron chi connectivity index (χ1n) is 14.9. The summed E-state index contributed by atoms with van der Waals surface area (Å²) in [5.74, 6) is -3.01. The molecule has 3 aliphatic rings. The predicted octanol–water partition coefficient (Wildman–Crippen LogP) is 7.37. The standard InChI is InChI=1S/C34H27ClF2N4O6/c1-33(2,3)47-32(43)41-11-7-10-24(41)34(18-8-5-4-6-9-18)14-19-21(46-34)13-20(36)27(35)26(19)25-17(15-38)12-22-29(28(25)37)45-30-23(44-22)16-39-40-31(30)42/h4-6,8-9,12-13,16,24H,7,10-11,14H2,1-3H3,(H,40,42)/t24-,34-/m0/s1. The number of aromatic amines is 1. The molecule has 10 nitrogen and oxygen atoms in total. The first-order valence-corrected chi connectivity index (χ1v) is 15.2. The van der Waals surface area contributed by atoms with Gasteiger partial charge in [-0.2, -0.15) is 10.4 Å². The minimum Gasteiger partial charge on any atom is -0.480 e. The fourth-order valence-corrected chi connectivity index (χ4v) is 6.85. The first kappa shape index (κ1) is 30.5. The number of rotatable bonds is 3. The van der Waals surface area contributed by atoms with Crippen LogP contribution in [0, 0.1) is 23.0 Å². The Morgan fingerprint density at radius 2 is 1.89 bits per heavy atom. The van der Waals surface area contributed by atoms with E-state index in [0.29, 0.717) is 30.5 Å². The third-order valence-corrected chi connectivity index (χ3v) is 8.83. The van der Waals surface area contributed by atoms with Gasteiger partial charge in [0, 0.05) is 41.8 Å². The van der Waals surface area contributed by atoms with E-state index >= 15 is 8.78 Å². The second-order valence-corrected chi connectivity index (χ2v) is 12.9. The van der Waals surface area contributed by atoms with Crippen LogP contribution in [0.1, 0.15) is 50.3 Å². The molecule has 4 heterocycles. The summed E-state index contributed by atoms with van der Waals surface area (Å²) in [5, 5.41) is 15.6. The van der Waals surface area contributed by atoms with E-state index in [1.54, 1.807) is 25.7 Å². The third kappa shape index (κ3) is 4.93. The third-order valence-electron chi connectivity index (χ3n) is 8.46. The number of carbonyl (C=O) groups is 1. The van der Waals surface area contributed by atoms with Crippen molar-refractivity contribution >= 4 is 17.7 Å². The number of likely N-dealkylation sites (tertiary alicyclic amines) is 1. The molecular formula is C34H27ClF2N4O6. The van der Waals surface area contributed by atoms with Crippen LogP contribution in [-0.2, 0) is 16.8 Å². The molecule has 0 aliphatic carbocycles. The van der Waals surface area contributed by atoms with Gasteiger partial charge in [-0.1, -0.05) is 41.9 Å². The fourth-order valence-electron chi connectivity index (χ4n) is 6.59. The molecule has 4 aromatic rings. The van der Waals surface area contributed by atoms with Crippen LogP contribution in [0.5, 0.6) is 28.7 Å². The molecule has 13 heteroatoms. The Morgan fingerprint density at radius 1 is 1.13 bits per heavy atom. The molecule has 0 saturated carbocycles. The van der Waals surface area contributed by atoms with Crippen molar-refractivity contribution in [3.8, 4) is 45.9 Å². The molecule has 7 rings (SSSR count). The first-order chi connectivity index (χ1) is 22.4. The molecule has 0 radical (unpaired) electrons. The van der Waals surface area contributed by atoms with Crippen LogP contribution in [0.2, 0.25) is 5.02 Å². The lowest BCUT2D eigenvalue weighted by Gasteiger charge is -2.40. The van der Waals surface area contributed by atoms with Crippen LogP contribution in [0.4, 0.5) is 13.6 Å². The van der Waals surface area contributed by atoms with E-state index in [1.165, 1.54) is 12.3 Å². The van der Waals surface area contributed by atoms with Gasteiger partial charge in [0.2, 0.25) is 11.5 Å². The summed E-state index contributed by atoms with van der Waals surface area (Å²) in [6.07, 6.45) is 1.90. The summed E-state index contributed by atoms with van der Waals surface area (Å²) in [7, 11) is 0. The summed E-state index contributed by atoms with van der Waals surface area (Å²) in [6.45, 7) is 5.74. The largest absolute Gasteiger partial charge is 0.480 e. The van der Waals surface area contributed by atoms with E-state index in [9.17, 15) is 14.9 Å². The van der Waals surface area contributed by atoms with Crippen LogP contribution in [-0.4, -0.2) is 39.4 Å². The van der Waals surface area contributed by atoms with Gasteiger partial charge in [-0.05, 0) is 39.2 Å². The van der Waals surface area contributed by atoms with Gasteiger partial charge in [-0.3, -0.25) is 4.79 Å². The number of nitrogens with zero attached hydrogens (tertiary/aromatic N) is 3. The second-order valence-electron chi connectivity index (χ2n) is 12.5. The molecular weight excluding hydrogens is 634 g/mol. The summed E-state index contributed by atoms with van der Waals surface area (Å²) < 4.78 is 56.1. The van der Waals surface area contributed by atoms with Gasteiger partial charge < -0.3 is 23.8 Å². The van der Waals surface area contributed by atoms with Crippen molar-refractivity contribution in [3.63, 3.8) is 0 Å². The number of nitrogens with one attached hydrogen (secondary N) is 1. The topological polar surface area (TPSA) is 127 Å². The molecule has 240 valence electrons. The summed E-state index contributed by atoms with van der Waals surface area (Å²) in [4.78, 5) is 27.5. The van der Waals surface area contributed by atoms with Crippen LogP contribution < -0.4 is 19.8 Å². The van der Waals surface area contributed by atoms with Crippen molar-refractivity contribution in [2.75, 3.05) is 6.54 Å². The summed E-state index contributed by atoms with van der Waals surface area (Å²) >= 11 is 6.63. The zero-order valence-corrected chi connectivity index (χ0v) is 26.2. The Balaban J connectivity index is 1.41. The monoisotopic (exact) mass is 660 g/mol. The van der Waals surface area contributed by atoms with Gasteiger partial charge >= 0.3 is 11.7 Å². The lowest BCUT2D eigenvalue weighted by molar-refractivity contribution is -0.0216. The average molecular weight is 661 g/mol. The number of carbonyl (C=O) groups excluding carboxylic acids is 1. The number of benzene rings is 3. The molecule has 0 spiro atoms. The number of fused-ring (bicyclic) bond motifs is 3. The number of halogens is 3. The van der Waals surface area contributed by atoms with Crippen LogP contribution in [0.25, 0.3) is 11.1 Å². The van der Waals surface area contributed by atoms with Crippen molar-refractivity contribution < 1.29 is 32.5 Å². The minimum absolute atomic E-state index is 0.0402. The van der Waals surface area contributed by atoms with Gasteiger partial charge in [0.25, 0.3) is 0 Å². The number of hydrogen-bond acceptors (Lipinski definition) is 8. The number of ether oxygens (including phenoxy) is 4. The number of aromatic nitrogens is 2. The number of nitriles is 1. The lowest BCUT2D eigenvalue weighted by atomic mass is 9.79. The quantitative estimate of drug-likeness (QED) is 0.213. The Morgan fingerprint density at radius 3 is 2.62 bits per heavy atom. The Kier molecular flexibility index (Phi) is 7.13. The maximum Gasteiger partial charge on any atom is 0.410 e. The molecule has 2 atom stereocenters. The molecule has 1 fully saturated rings.